The molecule has 86 valence electrons. The zero-order valence-electron chi connectivity index (χ0n) is 9.26. The van der Waals surface area contributed by atoms with Crippen molar-refractivity contribution in [2.75, 3.05) is 26.2 Å². The van der Waals surface area contributed by atoms with Crippen molar-refractivity contribution >= 4 is 11.9 Å². The third kappa shape index (κ3) is 7.69. The highest BCUT2D eigenvalue weighted by atomic mass is 16.5. The number of nitrogens with one attached hydrogen (secondary N) is 2. The van der Waals surface area contributed by atoms with Crippen molar-refractivity contribution in [1.29, 1.82) is 0 Å². The number of ether oxygens (including phenoxy) is 1. The van der Waals surface area contributed by atoms with Gasteiger partial charge in [0.15, 0.2) is 0 Å². The van der Waals surface area contributed by atoms with E-state index in [1.807, 2.05) is 0 Å². The van der Waals surface area contributed by atoms with E-state index in [0.29, 0.717) is 31.8 Å². The lowest BCUT2D eigenvalue weighted by Gasteiger charge is -2.07. The van der Waals surface area contributed by atoms with E-state index < -0.39 is 0 Å². The first-order valence-corrected chi connectivity index (χ1v) is 4.88. The Morgan fingerprint density at radius 2 is 2.00 bits per heavy atom. The standard InChI is InChI=1S/C10H18N2O3/c1-4-15-10(14)8(2)7-11-5-6-12-9(3)13/h11H,2,4-7H2,1,3H3,(H,12,13). The van der Waals surface area contributed by atoms with Crippen LogP contribution in [0.5, 0.6) is 0 Å². The lowest BCUT2D eigenvalue weighted by Crippen LogP contribution is -2.32. The van der Waals surface area contributed by atoms with E-state index in [2.05, 4.69) is 17.2 Å². The molecule has 0 heterocycles. The molecule has 0 unspecified atom stereocenters. The molecule has 0 aromatic heterocycles. The molecule has 2 N–H and O–H groups in total. The zero-order valence-corrected chi connectivity index (χ0v) is 9.26. The topological polar surface area (TPSA) is 67.4 Å². The maximum Gasteiger partial charge on any atom is 0.334 e. The first-order valence-electron chi connectivity index (χ1n) is 4.88. The van der Waals surface area contributed by atoms with Gasteiger partial charge in [0.1, 0.15) is 0 Å². The molecular formula is C10H18N2O3. The van der Waals surface area contributed by atoms with Gasteiger partial charge in [-0.05, 0) is 6.92 Å². The van der Waals surface area contributed by atoms with Gasteiger partial charge in [-0.1, -0.05) is 6.58 Å². The van der Waals surface area contributed by atoms with Crippen molar-refractivity contribution in [2.45, 2.75) is 13.8 Å². The average Bonchev–Trinajstić information content (AvgIpc) is 2.16. The molecule has 0 rings (SSSR count). The van der Waals surface area contributed by atoms with Crippen LogP contribution >= 0.6 is 0 Å². The van der Waals surface area contributed by atoms with Crippen LogP contribution in [-0.4, -0.2) is 38.1 Å². The van der Waals surface area contributed by atoms with Crippen molar-refractivity contribution in [2.24, 2.45) is 0 Å². The minimum absolute atomic E-state index is 0.0685. The van der Waals surface area contributed by atoms with Gasteiger partial charge in [-0.2, -0.15) is 0 Å². The fraction of sp³-hybridized carbons (Fsp3) is 0.600. The van der Waals surface area contributed by atoms with Crippen LogP contribution in [0, 0.1) is 0 Å². The second kappa shape index (κ2) is 7.99. The highest BCUT2D eigenvalue weighted by Gasteiger charge is 2.05. The quantitative estimate of drug-likeness (QED) is 0.351. The van der Waals surface area contributed by atoms with Gasteiger partial charge in [-0.3, -0.25) is 4.79 Å². The summed E-state index contributed by atoms with van der Waals surface area (Å²) >= 11 is 0. The van der Waals surface area contributed by atoms with E-state index in [9.17, 15) is 9.59 Å². The number of hydrogen-bond acceptors (Lipinski definition) is 4. The summed E-state index contributed by atoms with van der Waals surface area (Å²) in [6.07, 6.45) is 0. The van der Waals surface area contributed by atoms with Crippen LogP contribution in [0.15, 0.2) is 12.2 Å². The summed E-state index contributed by atoms with van der Waals surface area (Å²) in [5.41, 5.74) is 0.389. The average molecular weight is 214 g/mol. The van der Waals surface area contributed by atoms with Crippen LogP contribution in [0.25, 0.3) is 0 Å². The minimum atomic E-state index is -0.385. The Kier molecular flexibility index (Phi) is 7.27. The van der Waals surface area contributed by atoms with Crippen molar-refractivity contribution < 1.29 is 14.3 Å². The van der Waals surface area contributed by atoms with E-state index in [1.165, 1.54) is 6.92 Å². The molecule has 5 heteroatoms. The lowest BCUT2D eigenvalue weighted by atomic mass is 10.3. The van der Waals surface area contributed by atoms with Crippen molar-refractivity contribution in [1.82, 2.24) is 10.6 Å². The molecule has 0 aromatic rings. The Labute approximate surface area is 89.9 Å². The molecule has 0 radical (unpaired) electrons. The number of amides is 1. The maximum atomic E-state index is 11.1. The smallest absolute Gasteiger partial charge is 0.334 e. The maximum absolute atomic E-state index is 11.1. The van der Waals surface area contributed by atoms with Crippen LogP contribution in [0.1, 0.15) is 13.8 Å². The Morgan fingerprint density at radius 1 is 1.33 bits per heavy atom. The number of carbonyl (C=O) groups excluding carboxylic acids is 2. The van der Waals surface area contributed by atoms with Gasteiger partial charge in [0.25, 0.3) is 0 Å². The molecule has 0 aliphatic carbocycles. The Hall–Kier alpha value is -1.36. The van der Waals surface area contributed by atoms with Gasteiger partial charge in [0, 0.05) is 32.1 Å². The van der Waals surface area contributed by atoms with Gasteiger partial charge >= 0.3 is 5.97 Å². The monoisotopic (exact) mass is 214 g/mol. The highest BCUT2D eigenvalue weighted by Crippen LogP contribution is 1.91. The molecule has 0 fully saturated rings. The summed E-state index contributed by atoms with van der Waals surface area (Å²) in [6, 6.07) is 0. The second-order valence-electron chi connectivity index (χ2n) is 2.98. The third-order valence-corrected chi connectivity index (χ3v) is 1.58. The minimum Gasteiger partial charge on any atom is -0.463 e. The van der Waals surface area contributed by atoms with Crippen LogP contribution in [0.2, 0.25) is 0 Å². The van der Waals surface area contributed by atoms with E-state index in [-0.39, 0.29) is 11.9 Å². The van der Waals surface area contributed by atoms with Gasteiger partial charge in [0.05, 0.1) is 6.61 Å². The van der Waals surface area contributed by atoms with Gasteiger partial charge in [-0.15, -0.1) is 0 Å². The summed E-state index contributed by atoms with van der Waals surface area (Å²) < 4.78 is 4.75. The number of rotatable bonds is 7. The molecule has 0 aliphatic rings. The van der Waals surface area contributed by atoms with Gasteiger partial charge in [-0.25, -0.2) is 4.79 Å². The summed E-state index contributed by atoms with van der Waals surface area (Å²) in [4.78, 5) is 21.6. The summed E-state index contributed by atoms with van der Waals surface area (Å²) in [5, 5.41) is 5.59. The van der Waals surface area contributed by atoms with E-state index >= 15 is 0 Å². The summed E-state index contributed by atoms with van der Waals surface area (Å²) in [7, 11) is 0. The number of hydrogen-bond donors (Lipinski definition) is 2. The van der Waals surface area contributed by atoms with E-state index in [0.717, 1.165) is 0 Å². The molecule has 0 aromatic carbocycles. The molecular weight excluding hydrogens is 196 g/mol. The summed E-state index contributed by atoms with van der Waals surface area (Å²) in [6.45, 7) is 8.64. The van der Waals surface area contributed by atoms with E-state index in [1.54, 1.807) is 6.92 Å². The van der Waals surface area contributed by atoms with Crippen LogP contribution in [-0.2, 0) is 14.3 Å². The van der Waals surface area contributed by atoms with Crippen LogP contribution in [0.3, 0.4) is 0 Å². The first-order chi connectivity index (χ1) is 7.07. The van der Waals surface area contributed by atoms with Crippen molar-refractivity contribution in [3.05, 3.63) is 12.2 Å². The molecule has 0 saturated carbocycles. The fourth-order valence-corrected chi connectivity index (χ4v) is 0.872. The number of carbonyl (C=O) groups is 2. The Bertz CT molecular complexity index is 239. The highest BCUT2D eigenvalue weighted by molar-refractivity contribution is 5.88. The zero-order chi connectivity index (χ0) is 11.7. The fourth-order valence-electron chi connectivity index (χ4n) is 0.872. The van der Waals surface area contributed by atoms with E-state index in [4.69, 9.17) is 4.74 Å². The molecule has 0 atom stereocenters. The molecule has 0 bridgehead atoms. The SMILES string of the molecule is C=C(CNCCNC(C)=O)C(=O)OCC. The molecule has 0 aliphatic heterocycles. The largest absolute Gasteiger partial charge is 0.463 e. The molecule has 0 spiro atoms. The lowest BCUT2D eigenvalue weighted by molar-refractivity contribution is -0.138. The molecule has 5 nitrogen and oxygen atoms in total. The normalized spacial score (nSPS) is 9.47. The third-order valence-electron chi connectivity index (χ3n) is 1.58. The van der Waals surface area contributed by atoms with Crippen molar-refractivity contribution in [3.8, 4) is 0 Å². The molecule has 1 amide bonds. The van der Waals surface area contributed by atoms with Crippen molar-refractivity contribution in [3.63, 3.8) is 0 Å². The van der Waals surface area contributed by atoms with Gasteiger partial charge in [0.2, 0.25) is 5.91 Å². The second-order valence-corrected chi connectivity index (χ2v) is 2.98. The Balaban J connectivity index is 3.47. The summed E-state index contributed by atoms with van der Waals surface area (Å²) in [5.74, 6) is -0.453. The molecule has 15 heavy (non-hydrogen) atoms. The predicted molar refractivity (Wildman–Crippen MR) is 57.3 cm³/mol. The first kappa shape index (κ1) is 13.6. The molecule has 0 saturated heterocycles. The van der Waals surface area contributed by atoms with Gasteiger partial charge < -0.3 is 15.4 Å². The van der Waals surface area contributed by atoms with Crippen LogP contribution < -0.4 is 10.6 Å². The number of esters is 1. The van der Waals surface area contributed by atoms with Crippen LogP contribution in [0.4, 0.5) is 0 Å². The predicted octanol–water partition coefficient (Wildman–Crippen LogP) is -0.169. The Morgan fingerprint density at radius 3 is 2.53 bits per heavy atom.